The number of ether oxygens (including phenoxy) is 1. The minimum Gasteiger partial charge on any atom is -0.464 e. The standard InChI is InChI=1S/C17H26N2O5S/c1-4-7-24-17(23)13-14(25-10-5-6-18-15(10)21)8(2)12-11(9(3)20)16(22)19(12)13/h8-14,20H,4-7H2,1-3H3,(H,18,21). The van der Waals surface area contributed by atoms with Gasteiger partial charge in [-0.05, 0) is 25.7 Å². The van der Waals surface area contributed by atoms with Crippen LogP contribution in [0.1, 0.15) is 33.6 Å². The highest BCUT2D eigenvalue weighted by molar-refractivity contribution is 8.01. The summed E-state index contributed by atoms with van der Waals surface area (Å²) in [7, 11) is 0. The second kappa shape index (κ2) is 7.15. The zero-order valence-corrected chi connectivity index (χ0v) is 15.6. The number of β-lactam (4-membered cyclic amide) rings is 1. The van der Waals surface area contributed by atoms with E-state index in [1.807, 2.05) is 13.8 Å². The van der Waals surface area contributed by atoms with Crippen LogP contribution in [0.4, 0.5) is 0 Å². The fourth-order valence-electron chi connectivity index (χ4n) is 4.22. The van der Waals surface area contributed by atoms with Crippen molar-refractivity contribution in [2.24, 2.45) is 11.8 Å². The SMILES string of the molecule is CCCOC(=O)C1C(SC2CCNC2=O)C(C)C2C(C(C)O)C(=O)N12. The number of esters is 1. The molecule has 0 spiro atoms. The Balaban J connectivity index is 1.83. The maximum absolute atomic E-state index is 12.6. The van der Waals surface area contributed by atoms with Gasteiger partial charge < -0.3 is 20.1 Å². The highest BCUT2D eigenvalue weighted by atomic mass is 32.2. The number of rotatable bonds is 6. The number of hydrogen-bond donors (Lipinski definition) is 2. The van der Waals surface area contributed by atoms with Crippen LogP contribution in [0, 0.1) is 11.8 Å². The van der Waals surface area contributed by atoms with E-state index in [0.717, 1.165) is 6.42 Å². The molecule has 2 amide bonds. The second-order valence-corrected chi connectivity index (χ2v) is 8.53. The minimum absolute atomic E-state index is 0.00877. The Hall–Kier alpha value is -1.28. The smallest absolute Gasteiger partial charge is 0.330 e. The first kappa shape index (κ1) is 18.5. The van der Waals surface area contributed by atoms with Crippen molar-refractivity contribution in [3.63, 3.8) is 0 Å². The summed E-state index contributed by atoms with van der Waals surface area (Å²) in [5.74, 6) is -1.06. The molecule has 0 bridgehead atoms. The van der Waals surface area contributed by atoms with Gasteiger partial charge in [0.25, 0.3) is 0 Å². The summed E-state index contributed by atoms with van der Waals surface area (Å²) < 4.78 is 5.33. The fourth-order valence-corrected chi connectivity index (χ4v) is 5.86. The monoisotopic (exact) mass is 370 g/mol. The Bertz CT molecular complexity index is 569. The molecule has 0 saturated carbocycles. The van der Waals surface area contributed by atoms with Crippen LogP contribution in [0.2, 0.25) is 0 Å². The van der Waals surface area contributed by atoms with Crippen LogP contribution < -0.4 is 5.32 Å². The van der Waals surface area contributed by atoms with Gasteiger partial charge in [-0.25, -0.2) is 4.79 Å². The molecular weight excluding hydrogens is 344 g/mol. The molecule has 8 heteroatoms. The predicted molar refractivity (Wildman–Crippen MR) is 92.8 cm³/mol. The van der Waals surface area contributed by atoms with Crippen LogP contribution >= 0.6 is 11.8 Å². The molecule has 3 fully saturated rings. The van der Waals surface area contributed by atoms with E-state index in [4.69, 9.17) is 4.74 Å². The van der Waals surface area contributed by atoms with Crippen LogP contribution in [0.5, 0.6) is 0 Å². The van der Waals surface area contributed by atoms with E-state index >= 15 is 0 Å². The van der Waals surface area contributed by atoms with E-state index in [-0.39, 0.29) is 34.3 Å². The number of carbonyl (C=O) groups excluding carboxylic acids is 3. The number of aliphatic hydroxyl groups excluding tert-OH is 1. The summed E-state index contributed by atoms with van der Waals surface area (Å²) in [5.41, 5.74) is 0. The molecule has 0 aromatic carbocycles. The lowest BCUT2D eigenvalue weighted by Crippen LogP contribution is -2.65. The first-order valence-electron chi connectivity index (χ1n) is 8.98. The van der Waals surface area contributed by atoms with Gasteiger partial charge in [-0.3, -0.25) is 9.59 Å². The van der Waals surface area contributed by atoms with Gasteiger partial charge >= 0.3 is 5.97 Å². The van der Waals surface area contributed by atoms with Crippen LogP contribution in [0.25, 0.3) is 0 Å². The molecule has 7 atom stereocenters. The lowest BCUT2D eigenvalue weighted by Gasteiger charge is -2.47. The summed E-state index contributed by atoms with van der Waals surface area (Å²) in [4.78, 5) is 38.7. The first-order chi connectivity index (χ1) is 11.9. The molecule has 0 aliphatic carbocycles. The lowest BCUT2D eigenvalue weighted by molar-refractivity contribution is -0.172. The molecule has 25 heavy (non-hydrogen) atoms. The number of fused-ring (bicyclic) bond motifs is 1. The predicted octanol–water partition coefficient (Wildman–Crippen LogP) is 0.156. The summed E-state index contributed by atoms with van der Waals surface area (Å²) >= 11 is 1.48. The van der Waals surface area contributed by atoms with Crippen molar-refractivity contribution < 1.29 is 24.2 Å². The number of aliphatic hydroxyl groups is 1. The molecule has 0 radical (unpaired) electrons. The summed E-state index contributed by atoms with van der Waals surface area (Å²) in [6.07, 6.45) is 0.689. The Morgan fingerprint density at radius 3 is 2.76 bits per heavy atom. The van der Waals surface area contributed by atoms with Gasteiger partial charge in [0.2, 0.25) is 11.8 Å². The molecule has 7 nitrogen and oxygen atoms in total. The molecule has 140 valence electrons. The fraction of sp³-hybridized carbons (Fsp3) is 0.824. The maximum Gasteiger partial charge on any atom is 0.330 e. The maximum atomic E-state index is 12.6. The van der Waals surface area contributed by atoms with Gasteiger partial charge in [0.05, 0.1) is 29.9 Å². The second-order valence-electron chi connectivity index (χ2n) is 7.14. The molecule has 0 aromatic heterocycles. The summed E-state index contributed by atoms with van der Waals surface area (Å²) in [6, 6.07) is -0.846. The number of amides is 2. The van der Waals surface area contributed by atoms with E-state index < -0.39 is 24.0 Å². The molecule has 2 N–H and O–H groups in total. The van der Waals surface area contributed by atoms with Crippen LogP contribution in [0.3, 0.4) is 0 Å². The van der Waals surface area contributed by atoms with Crippen molar-refractivity contribution >= 4 is 29.5 Å². The Kier molecular flexibility index (Phi) is 5.29. The van der Waals surface area contributed by atoms with E-state index in [9.17, 15) is 19.5 Å². The molecule has 7 unspecified atom stereocenters. The minimum atomic E-state index is -0.748. The molecule has 3 rings (SSSR count). The molecule has 3 heterocycles. The average Bonchev–Trinajstić information content (AvgIpc) is 3.06. The number of carbonyl (C=O) groups is 3. The van der Waals surface area contributed by atoms with Gasteiger partial charge in [0, 0.05) is 11.8 Å². The van der Waals surface area contributed by atoms with Crippen molar-refractivity contribution in [3.05, 3.63) is 0 Å². The van der Waals surface area contributed by atoms with E-state index in [2.05, 4.69) is 5.32 Å². The lowest BCUT2D eigenvalue weighted by atomic mass is 9.79. The number of nitrogens with zero attached hydrogens (tertiary/aromatic N) is 1. The highest BCUT2D eigenvalue weighted by Gasteiger charge is 2.65. The average molecular weight is 370 g/mol. The van der Waals surface area contributed by atoms with Gasteiger partial charge in [0.1, 0.15) is 6.04 Å². The van der Waals surface area contributed by atoms with Crippen LogP contribution in [-0.2, 0) is 19.1 Å². The van der Waals surface area contributed by atoms with Crippen LogP contribution in [-0.4, -0.2) is 69.6 Å². The first-order valence-corrected chi connectivity index (χ1v) is 9.92. The third-order valence-electron chi connectivity index (χ3n) is 5.43. The third-order valence-corrected chi connectivity index (χ3v) is 7.21. The zero-order chi connectivity index (χ0) is 18.3. The van der Waals surface area contributed by atoms with Gasteiger partial charge in [-0.2, -0.15) is 0 Å². The van der Waals surface area contributed by atoms with Gasteiger partial charge in [-0.15, -0.1) is 11.8 Å². The summed E-state index contributed by atoms with van der Waals surface area (Å²) in [5, 5.41) is 12.4. The molecule has 3 aliphatic rings. The molecule has 0 aromatic rings. The molecule has 3 saturated heterocycles. The Morgan fingerprint density at radius 1 is 1.48 bits per heavy atom. The van der Waals surface area contributed by atoms with Crippen molar-refractivity contribution in [3.8, 4) is 0 Å². The van der Waals surface area contributed by atoms with E-state index in [1.165, 1.54) is 11.8 Å². The number of thioether (sulfide) groups is 1. The Labute approximate surface area is 151 Å². The topological polar surface area (TPSA) is 95.9 Å². The van der Waals surface area contributed by atoms with Gasteiger partial charge in [0.15, 0.2) is 0 Å². The number of nitrogens with one attached hydrogen (secondary N) is 1. The summed E-state index contributed by atoms with van der Waals surface area (Å²) in [6.45, 7) is 6.49. The van der Waals surface area contributed by atoms with E-state index in [0.29, 0.717) is 19.6 Å². The Morgan fingerprint density at radius 2 is 2.20 bits per heavy atom. The molecular formula is C17H26N2O5S. The van der Waals surface area contributed by atoms with Crippen molar-refractivity contribution in [1.29, 1.82) is 0 Å². The van der Waals surface area contributed by atoms with Crippen molar-refractivity contribution in [2.45, 2.75) is 62.3 Å². The third kappa shape index (κ3) is 3.03. The highest BCUT2D eigenvalue weighted by Crippen LogP contribution is 2.50. The zero-order valence-electron chi connectivity index (χ0n) is 14.8. The van der Waals surface area contributed by atoms with Crippen molar-refractivity contribution in [1.82, 2.24) is 10.2 Å². The van der Waals surface area contributed by atoms with Crippen molar-refractivity contribution in [2.75, 3.05) is 13.2 Å². The molecule has 3 aliphatic heterocycles. The largest absolute Gasteiger partial charge is 0.464 e. The van der Waals surface area contributed by atoms with Crippen LogP contribution in [0.15, 0.2) is 0 Å². The normalized spacial score (nSPS) is 38.2. The van der Waals surface area contributed by atoms with Gasteiger partial charge in [-0.1, -0.05) is 13.8 Å². The number of hydrogen-bond acceptors (Lipinski definition) is 6. The van der Waals surface area contributed by atoms with E-state index in [1.54, 1.807) is 11.8 Å². The quantitative estimate of drug-likeness (QED) is 0.511.